The van der Waals surface area contributed by atoms with Crippen molar-refractivity contribution in [3.63, 3.8) is 0 Å². The van der Waals surface area contributed by atoms with Crippen molar-refractivity contribution in [1.29, 1.82) is 0 Å². The zero-order valence-corrected chi connectivity index (χ0v) is 15.1. The van der Waals surface area contributed by atoms with Crippen molar-refractivity contribution in [2.45, 2.75) is 39.2 Å². The smallest absolute Gasteiger partial charge is 0.314 e. The Labute approximate surface area is 151 Å². The fourth-order valence-electron chi connectivity index (χ4n) is 3.19. The zero-order chi connectivity index (χ0) is 18.8. The highest BCUT2D eigenvalue weighted by atomic mass is 35.5. The minimum absolute atomic E-state index is 0.137. The first kappa shape index (κ1) is 19.7. The Hall–Kier alpha value is -1.66. The number of aliphatic carboxylic acids is 1. The van der Waals surface area contributed by atoms with Gasteiger partial charge in [-0.2, -0.15) is 0 Å². The van der Waals surface area contributed by atoms with Crippen molar-refractivity contribution in [3.8, 4) is 0 Å². The van der Waals surface area contributed by atoms with Gasteiger partial charge in [-0.25, -0.2) is 4.39 Å². The molecule has 0 spiro atoms. The van der Waals surface area contributed by atoms with E-state index in [2.05, 4.69) is 0 Å². The van der Waals surface area contributed by atoms with Crippen molar-refractivity contribution >= 4 is 23.5 Å². The average molecular weight is 372 g/mol. The minimum atomic E-state index is -1.44. The molecule has 2 atom stereocenters. The summed E-state index contributed by atoms with van der Waals surface area (Å²) in [7, 11) is 0. The van der Waals surface area contributed by atoms with Gasteiger partial charge in [-0.3, -0.25) is 9.59 Å². The predicted molar refractivity (Wildman–Crippen MR) is 92.1 cm³/mol. The maximum Gasteiger partial charge on any atom is 0.314 e. The molecule has 1 aliphatic rings. The third-order valence-electron chi connectivity index (χ3n) is 4.82. The van der Waals surface area contributed by atoms with Gasteiger partial charge in [0.15, 0.2) is 0 Å². The Morgan fingerprint density at radius 2 is 2.12 bits per heavy atom. The number of piperidine rings is 1. The van der Waals surface area contributed by atoms with E-state index < -0.39 is 29.2 Å². The number of carbonyl (C=O) groups is 2. The number of rotatable bonds is 5. The summed E-state index contributed by atoms with van der Waals surface area (Å²) in [5, 5.41) is 20.3. The zero-order valence-electron chi connectivity index (χ0n) is 14.3. The summed E-state index contributed by atoms with van der Waals surface area (Å²) >= 11 is 5.84. The first-order valence-corrected chi connectivity index (χ1v) is 8.71. The number of benzene rings is 1. The molecule has 1 amide bonds. The van der Waals surface area contributed by atoms with E-state index in [-0.39, 0.29) is 42.4 Å². The van der Waals surface area contributed by atoms with Crippen molar-refractivity contribution in [2.75, 3.05) is 13.1 Å². The van der Waals surface area contributed by atoms with Gasteiger partial charge in [0.2, 0.25) is 0 Å². The van der Waals surface area contributed by atoms with E-state index in [0.29, 0.717) is 6.42 Å². The van der Waals surface area contributed by atoms with Crippen LogP contribution in [0.4, 0.5) is 4.39 Å². The summed E-state index contributed by atoms with van der Waals surface area (Å²) < 4.78 is 14.0. The number of likely N-dealkylation sites (tertiary alicyclic amines) is 1. The number of aliphatic hydroxyl groups excluding tert-OH is 1. The summed E-state index contributed by atoms with van der Waals surface area (Å²) in [6, 6.07) is 3.69. The van der Waals surface area contributed by atoms with Gasteiger partial charge in [0.1, 0.15) is 11.2 Å². The van der Waals surface area contributed by atoms with Gasteiger partial charge in [0.25, 0.3) is 5.91 Å². The third kappa shape index (κ3) is 4.12. The van der Waals surface area contributed by atoms with E-state index in [1.165, 1.54) is 17.0 Å². The normalized spacial score (nSPS) is 23.8. The Morgan fingerprint density at radius 1 is 1.44 bits per heavy atom. The van der Waals surface area contributed by atoms with E-state index >= 15 is 0 Å². The number of amides is 1. The molecule has 25 heavy (non-hydrogen) atoms. The maximum absolute atomic E-state index is 14.0. The van der Waals surface area contributed by atoms with Crippen LogP contribution in [-0.2, 0) is 4.79 Å². The lowest BCUT2D eigenvalue weighted by atomic mass is 9.72. The van der Waals surface area contributed by atoms with Crippen LogP contribution in [0, 0.1) is 17.2 Å². The monoisotopic (exact) mass is 371 g/mol. The second-order valence-electron chi connectivity index (χ2n) is 7.05. The van der Waals surface area contributed by atoms with E-state index in [4.69, 9.17) is 11.6 Å². The lowest BCUT2D eigenvalue weighted by Crippen LogP contribution is -2.57. The van der Waals surface area contributed by atoms with Gasteiger partial charge in [0.05, 0.1) is 11.7 Å². The number of hydrogen-bond acceptors (Lipinski definition) is 3. The molecule has 7 heteroatoms. The lowest BCUT2D eigenvalue weighted by Gasteiger charge is -2.43. The molecule has 1 aromatic rings. The number of carboxylic acids is 1. The fourth-order valence-corrected chi connectivity index (χ4v) is 3.37. The van der Waals surface area contributed by atoms with E-state index in [1.807, 2.05) is 13.8 Å². The van der Waals surface area contributed by atoms with Gasteiger partial charge < -0.3 is 15.1 Å². The van der Waals surface area contributed by atoms with Crippen LogP contribution in [0.2, 0.25) is 5.02 Å². The van der Waals surface area contributed by atoms with Gasteiger partial charge >= 0.3 is 5.97 Å². The first-order valence-electron chi connectivity index (χ1n) is 8.33. The van der Waals surface area contributed by atoms with Crippen LogP contribution in [0.15, 0.2) is 18.2 Å². The fraction of sp³-hybridized carbons (Fsp3) is 0.556. The molecule has 1 saturated heterocycles. The van der Waals surface area contributed by atoms with Crippen molar-refractivity contribution < 1.29 is 24.2 Å². The molecular formula is C18H23ClFNO4. The van der Waals surface area contributed by atoms with Crippen LogP contribution >= 0.6 is 11.6 Å². The lowest BCUT2D eigenvalue weighted by molar-refractivity contribution is -0.163. The second kappa shape index (κ2) is 7.70. The van der Waals surface area contributed by atoms with Crippen LogP contribution in [0.1, 0.15) is 43.5 Å². The molecule has 0 aliphatic carbocycles. The first-order chi connectivity index (χ1) is 11.7. The maximum atomic E-state index is 14.0. The average Bonchev–Trinajstić information content (AvgIpc) is 2.55. The molecule has 1 heterocycles. The highest BCUT2D eigenvalue weighted by Gasteiger charge is 2.50. The Bertz CT molecular complexity index is 666. The van der Waals surface area contributed by atoms with Crippen LogP contribution in [0.5, 0.6) is 0 Å². The summed E-state index contributed by atoms with van der Waals surface area (Å²) in [5.41, 5.74) is -1.63. The highest BCUT2D eigenvalue weighted by molar-refractivity contribution is 6.31. The third-order valence-corrected chi connectivity index (χ3v) is 5.06. The molecule has 0 saturated carbocycles. The molecular weight excluding hydrogens is 349 g/mol. The summed E-state index contributed by atoms with van der Waals surface area (Å²) in [6.45, 7) is 3.95. The quantitative estimate of drug-likeness (QED) is 0.833. The van der Waals surface area contributed by atoms with E-state index in [0.717, 1.165) is 6.07 Å². The van der Waals surface area contributed by atoms with Crippen molar-refractivity contribution in [3.05, 3.63) is 34.6 Å². The number of aliphatic hydroxyl groups is 1. The van der Waals surface area contributed by atoms with E-state index in [1.54, 1.807) is 0 Å². The standard InChI is InChI=1S/C18H23ClFNO4/c1-11(2)5-7-18(17(24)25)10-21(8-6-15(18)22)16(23)13-9-12(19)3-4-14(13)20/h3-4,9,11,15,22H,5-8,10H2,1-2H3,(H,24,25)/t15-,18-/m1/s1. The SMILES string of the molecule is CC(C)CC[C@@]1(C(=O)O)CN(C(=O)c2cc(Cl)ccc2F)CC[C@H]1O. The molecule has 5 nitrogen and oxygen atoms in total. The van der Waals surface area contributed by atoms with Gasteiger partial charge in [-0.1, -0.05) is 25.4 Å². The summed E-state index contributed by atoms with van der Waals surface area (Å²) in [5.74, 6) is -2.18. The molecule has 1 aliphatic heterocycles. The van der Waals surface area contributed by atoms with Crippen LogP contribution in [0.3, 0.4) is 0 Å². The van der Waals surface area contributed by atoms with Crippen LogP contribution < -0.4 is 0 Å². The summed E-state index contributed by atoms with van der Waals surface area (Å²) in [4.78, 5) is 25.9. The molecule has 2 rings (SSSR count). The molecule has 138 valence electrons. The Kier molecular flexibility index (Phi) is 6.06. The Balaban J connectivity index is 2.29. The molecule has 2 N–H and O–H groups in total. The van der Waals surface area contributed by atoms with Gasteiger partial charge in [-0.15, -0.1) is 0 Å². The number of carbonyl (C=O) groups excluding carboxylic acids is 1. The number of nitrogens with zero attached hydrogens (tertiary/aromatic N) is 1. The molecule has 0 aromatic heterocycles. The molecule has 0 bridgehead atoms. The minimum Gasteiger partial charge on any atom is -0.481 e. The molecule has 0 radical (unpaired) electrons. The largest absolute Gasteiger partial charge is 0.481 e. The molecule has 0 unspecified atom stereocenters. The number of hydrogen-bond donors (Lipinski definition) is 2. The topological polar surface area (TPSA) is 77.8 Å². The highest BCUT2D eigenvalue weighted by Crippen LogP contribution is 2.37. The predicted octanol–water partition coefficient (Wildman–Crippen LogP) is 3.19. The molecule has 1 fully saturated rings. The van der Waals surface area contributed by atoms with Gasteiger partial charge in [0, 0.05) is 18.1 Å². The van der Waals surface area contributed by atoms with E-state index in [9.17, 15) is 24.2 Å². The second-order valence-corrected chi connectivity index (χ2v) is 7.49. The van der Waals surface area contributed by atoms with Crippen molar-refractivity contribution in [1.82, 2.24) is 4.90 Å². The van der Waals surface area contributed by atoms with Crippen LogP contribution in [-0.4, -0.2) is 46.2 Å². The Morgan fingerprint density at radius 3 is 2.72 bits per heavy atom. The van der Waals surface area contributed by atoms with Crippen LogP contribution in [0.25, 0.3) is 0 Å². The number of carboxylic acid groups (broad SMARTS) is 1. The van der Waals surface area contributed by atoms with Gasteiger partial charge in [-0.05, 0) is 43.4 Å². The molecule has 1 aromatic carbocycles. The summed E-state index contributed by atoms with van der Waals surface area (Å²) in [6.07, 6.45) is -0.0462. The number of halogens is 2. The van der Waals surface area contributed by atoms with Crippen molar-refractivity contribution in [2.24, 2.45) is 11.3 Å².